The SMILES string of the molecule is Cn1ncc2c(Nc3ccc(OC4CC(=O)N4)cc3)ncnc21. The molecule has 1 aliphatic heterocycles. The lowest BCUT2D eigenvalue weighted by Gasteiger charge is -2.27. The fourth-order valence-corrected chi connectivity index (χ4v) is 2.38. The van der Waals surface area contributed by atoms with Gasteiger partial charge in [-0.1, -0.05) is 0 Å². The van der Waals surface area contributed by atoms with Crippen LogP contribution in [0.15, 0.2) is 36.8 Å². The van der Waals surface area contributed by atoms with Gasteiger partial charge in [0.15, 0.2) is 11.9 Å². The highest BCUT2D eigenvalue weighted by molar-refractivity contribution is 5.88. The lowest BCUT2D eigenvalue weighted by molar-refractivity contribution is -0.134. The van der Waals surface area contributed by atoms with E-state index < -0.39 is 0 Å². The number of nitrogens with zero attached hydrogens (tertiary/aromatic N) is 4. The molecule has 1 unspecified atom stereocenters. The number of aromatic nitrogens is 4. The molecule has 0 aliphatic carbocycles. The summed E-state index contributed by atoms with van der Waals surface area (Å²) in [4.78, 5) is 19.3. The van der Waals surface area contributed by atoms with Gasteiger partial charge in [0.2, 0.25) is 5.91 Å². The summed E-state index contributed by atoms with van der Waals surface area (Å²) in [6, 6.07) is 7.46. The quantitative estimate of drug-likeness (QED) is 0.706. The van der Waals surface area contributed by atoms with Crippen molar-refractivity contribution in [1.29, 1.82) is 0 Å². The highest BCUT2D eigenvalue weighted by Crippen LogP contribution is 2.24. The highest BCUT2D eigenvalue weighted by atomic mass is 16.5. The van der Waals surface area contributed by atoms with E-state index in [-0.39, 0.29) is 12.1 Å². The standard InChI is InChI=1S/C15H14N6O2/c1-21-15-11(7-18-21)14(16-8-17-15)19-9-2-4-10(5-3-9)23-13-6-12(22)20-13/h2-5,7-8,13H,6H2,1H3,(H,20,22)(H,16,17,19). The molecule has 3 aromatic rings. The van der Waals surface area contributed by atoms with E-state index in [4.69, 9.17) is 4.74 Å². The Morgan fingerprint density at radius 2 is 2.09 bits per heavy atom. The third kappa shape index (κ3) is 2.54. The molecule has 1 atom stereocenters. The molecule has 0 saturated carbocycles. The van der Waals surface area contributed by atoms with Gasteiger partial charge in [0.05, 0.1) is 18.0 Å². The molecule has 0 bridgehead atoms. The molecule has 1 fully saturated rings. The summed E-state index contributed by atoms with van der Waals surface area (Å²) in [5.74, 6) is 1.41. The number of hydrogen-bond donors (Lipinski definition) is 2. The van der Waals surface area contributed by atoms with Crippen LogP contribution in [0.3, 0.4) is 0 Å². The largest absolute Gasteiger partial charge is 0.470 e. The van der Waals surface area contributed by atoms with Crippen molar-refractivity contribution in [2.24, 2.45) is 7.05 Å². The summed E-state index contributed by atoms with van der Waals surface area (Å²) < 4.78 is 7.30. The number of amides is 1. The lowest BCUT2D eigenvalue weighted by atomic mass is 10.2. The zero-order chi connectivity index (χ0) is 15.8. The van der Waals surface area contributed by atoms with Crippen LogP contribution in [-0.2, 0) is 11.8 Å². The van der Waals surface area contributed by atoms with Crippen molar-refractivity contribution >= 4 is 28.4 Å². The van der Waals surface area contributed by atoms with Crippen molar-refractivity contribution in [3.05, 3.63) is 36.8 Å². The van der Waals surface area contributed by atoms with Crippen LogP contribution in [0.4, 0.5) is 11.5 Å². The number of β-lactam (4-membered cyclic amide) rings is 1. The van der Waals surface area contributed by atoms with E-state index in [2.05, 4.69) is 25.7 Å². The molecule has 8 nitrogen and oxygen atoms in total. The molecule has 8 heteroatoms. The minimum Gasteiger partial charge on any atom is -0.470 e. The Hall–Kier alpha value is -3.16. The number of benzene rings is 1. The number of hydrogen-bond acceptors (Lipinski definition) is 6. The number of aryl methyl sites for hydroxylation is 1. The van der Waals surface area contributed by atoms with Gasteiger partial charge in [-0.2, -0.15) is 5.10 Å². The monoisotopic (exact) mass is 310 g/mol. The van der Waals surface area contributed by atoms with Crippen LogP contribution < -0.4 is 15.4 Å². The average molecular weight is 310 g/mol. The predicted octanol–water partition coefficient (Wildman–Crippen LogP) is 1.33. The molecular formula is C15H14N6O2. The Morgan fingerprint density at radius 3 is 2.83 bits per heavy atom. The second-order valence-corrected chi connectivity index (χ2v) is 5.26. The van der Waals surface area contributed by atoms with Crippen LogP contribution in [-0.4, -0.2) is 31.9 Å². The fraction of sp³-hybridized carbons (Fsp3) is 0.200. The maximum atomic E-state index is 10.8. The zero-order valence-electron chi connectivity index (χ0n) is 12.4. The van der Waals surface area contributed by atoms with Crippen LogP contribution >= 0.6 is 0 Å². The minimum absolute atomic E-state index is 0.0116. The molecule has 4 rings (SSSR count). The number of rotatable bonds is 4. The molecule has 1 aliphatic rings. The van der Waals surface area contributed by atoms with E-state index >= 15 is 0 Å². The summed E-state index contributed by atoms with van der Waals surface area (Å²) in [7, 11) is 1.84. The van der Waals surface area contributed by atoms with Crippen LogP contribution in [0.1, 0.15) is 6.42 Å². The van der Waals surface area contributed by atoms with Crippen LogP contribution in [0, 0.1) is 0 Å². The van der Waals surface area contributed by atoms with E-state index in [9.17, 15) is 4.79 Å². The average Bonchev–Trinajstić information content (AvgIpc) is 2.90. The highest BCUT2D eigenvalue weighted by Gasteiger charge is 2.26. The Bertz CT molecular complexity index is 865. The minimum atomic E-state index is -0.224. The summed E-state index contributed by atoms with van der Waals surface area (Å²) in [5, 5.41) is 11.0. The second-order valence-electron chi connectivity index (χ2n) is 5.26. The van der Waals surface area contributed by atoms with Crippen molar-refractivity contribution in [2.45, 2.75) is 12.6 Å². The summed E-state index contributed by atoms with van der Waals surface area (Å²) >= 11 is 0. The number of ether oxygens (including phenoxy) is 1. The van der Waals surface area contributed by atoms with Gasteiger partial charge in [0.1, 0.15) is 17.9 Å². The third-order valence-electron chi connectivity index (χ3n) is 3.62. The molecule has 2 aromatic heterocycles. The molecule has 1 aromatic carbocycles. The first-order chi connectivity index (χ1) is 11.2. The molecule has 0 spiro atoms. The maximum Gasteiger partial charge on any atom is 0.228 e. The van der Waals surface area contributed by atoms with E-state index in [1.54, 1.807) is 10.9 Å². The van der Waals surface area contributed by atoms with Gasteiger partial charge in [-0.3, -0.25) is 9.48 Å². The van der Waals surface area contributed by atoms with Crippen molar-refractivity contribution in [3.63, 3.8) is 0 Å². The van der Waals surface area contributed by atoms with E-state index in [0.717, 1.165) is 16.7 Å². The normalized spacial score (nSPS) is 16.7. The van der Waals surface area contributed by atoms with Gasteiger partial charge in [-0.25, -0.2) is 9.97 Å². The third-order valence-corrected chi connectivity index (χ3v) is 3.62. The van der Waals surface area contributed by atoms with Crippen LogP contribution in [0.2, 0.25) is 0 Å². The molecule has 23 heavy (non-hydrogen) atoms. The second kappa shape index (κ2) is 5.24. The zero-order valence-corrected chi connectivity index (χ0v) is 12.4. The maximum absolute atomic E-state index is 10.8. The predicted molar refractivity (Wildman–Crippen MR) is 83.2 cm³/mol. The first-order valence-corrected chi connectivity index (χ1v) is 7.15. The van der Waals surface area contributed by atoms with Crippen LogP contribution in [0.5, 0.6) is 5.75 Å². The number of carbonyl (C=O) groups excluding carboxylic acids is 1. The first kappa shape index (κ1) is 13.5. The van der Waals surface area contributed by atoms with E-state index in [1.807, 2.05) is 31.3 Å². The lowest BCUT2D eigenvalue weighted by Crippen LogP contribution is -2.51. The van der Waals surface area contributed by atoms with E-state index in [0.29, 0.717) is 18.0 Å². The van der Waals surface area contributed by atoms with Gasteiger partial charge in [-0.15, -0.1) is 0 Å². The molecule has 3 heterocycles. The Balaban J connectivity index is 1.51. The number of anilines is 2. The Morgan fingerprint density at radius 1 is 1.30 bits per heavy atom. The number of carbonyl (C=O) groups is 1. The topological polar surface area (TPSA) is 94.0 Å². The van der Waals surface area contributed by atoms with Gasteiger partial charge in [-0.05, 0) is 24.3 Å². The molecule has 1 saturated heterocycles. The summed E-state index contributed by atoms with van der Waals surface area (Å²) in [5.41, 5.74) is 1.64. The van der Waals surface area contributed by atoms with Gasteiger partial charge in [0.25, 0.3) is 0 Å². The summed E-state index contributed by atoms with van der Waals surface area (Å²) in [6.07, 6.45) is 3.41. The molecule has 116 valence electrons. The molecule has 0 radical (unpaired) electrons. The van der Waals surface area contributed by atoms with Crippen molar-refractivity contribution in [1.82, 2.24) is 25.1 Å². The van der Waals surface area contributed by atoms with E-state index in [1.165, 1.54) is 6.33 Å². The van der Waals surface area contributed by atoms with Crippen molar-refractivity contribution < 1.29 is 9.53 Å². The first-order valence-electron chi connectivity index (χ1n) is 7.15. The Labute approximate surface area is 131 Å². The van der Waals surface area contributed by atoms with Gasteiger partial charge >= 0.3 is 0 Å². The summed E-state index contributed by atoms with van der Waals surface area (Å²) in [6.45, 7) is 0. The number of nitrogens with one attached hydrogen (secondary N) is 2. The van der Waals surface area contributed by atoms with Crippen molar-refractivity contribution in [2.75, 3.05) is 5.32 Å². The molecule has 2 N–H and O–H groups in total. The fourth-order valence-electron chi connectivity index (χ4n) is 2.38. The van der Waals surface area contributed by atoms with Gasteiger partial charge < -0.3 is 15.4 Å². The van der Waals surface area contributed by atoms with Gasteiger partial charge in [0, 0.05) is 12.7 Å². The smallest absolute Gasteiger partial charge is 0.228 e. The molecule has 1 amide bonds. The van der Waals surface area contributed by atoms with Crippen molar-refractivity contribution in [3.8, 4) is 5.75 Å². The van der Waals surface area contributed by atoms with Crippen LogP contribution in [0.25, 0.3) is 11.0 Å². The Kier molecular flexibility index (Phi) is 3.07. The number of fused-ring (bicyclic) bond motifs is 1. The molecular weight excluding hydrogens is 296 g/mol.